The summed E-state index contributed by atoms with van der Waals surface area (Å²) in [4.78, 5) is 24.6. The van der Waals surface area contributed by atoms with Gasteiger partial charge in [0.2, 0.25) is 0 Å². The van der Waals surface area contributed by atoms with Crippen LogP contribution in [-0.2, 0) is 0 Å². The van der Waals surface area contributed by atoms with Crippen LogP contribution in [0.1, 0.15) is 45.7 Å². The number of carbonyl (C=O) groups excluding carboxylic acids is 2. The van der Waals surface area contributed by atoms with Crippen LogP contribution in [0.5, 0.6) is 11.5 Å². The minimum Gasteiger partial charge on any atom is -0.507 e. The summed E-state index contributed by atoms with van der Waals surface area (Å²) in [5, 5.41) is 27.7. The third-order valence-corrected chi connectivity index (χ3v) is 4.65. The summed E-state index contributed by atoms with van der Waals surface area (Å²) in [6.07, 6.45) is 0. The molecule has 3 aromatic carbocycles. The van der Waals surface area contributed by atoms with E-state index in [0.29, 0.717) is 33.7 Å². The van der Waals surface area contributed by atoms with E-state index in [4.69, 9.17) is 0 Å². The highest BCUT2D eigenvalue weighted by atomic mass is 16.3. The van der Waals surface area contributed by atoms with Gasteiger partial charge in [-0.1, -0.05) is 24.3 Å². The van der Waals surface area contributed by atoms with Crippen molar-refractivity contribution in [1.82, 2.24) is 10.9 Å². The topological polar surface area (TPSA) is 123 Å². The molecule has 0 aliphatic heterocycles. The SMILES string of the molecule is C/C(=N\NC(=O)c1ccc(C(=O)N/N=C(\C)c2ccccc2O)cc1)c1ccccc1O. The Morgan fingerprint density at radius 3 is 1.31 bits per heavy atom. The fraction of sp³-hybridized carbons (Fsp3) is 0.0833. The minimum atomic E-state index is -0.458. The maximum Gasteiger partial charge on any atom is 0.271 e. The van der Waals surface area contributed by atoms with Crippen LogP contribution in [0.2, 0.25) is 0 Å². The van der Waals surface area contributed by atoms with Crippen molar-refractivity contribution >= 4 is 23.2 Å². The second-order valence-electron chi connectivity index (χ2n) is 6.89. The van der Waals surface area contributed by atoms with E-state index < -0.39 is 11.8 Å². The molecule has 8 nitrogen and oxygen atoms in total. The first kappa shape index (κ1) is 22.2. The molecule has 0 radical (unpaired) electrons. The van der Waals surface area contributed by atoms with Gasteiger partial charge in [0.05, 0.1) is 11.4 Å². The number of nitrogens with one attached hydrogen (secondary N) is 2. The number of phenols is 2. The fourth-order valence-electron chi connectivity index (χ4n) is 2.85. The molecule has 162 valence electrons. The number of carbonyl (C=O) groups is 2. The summed E-state index contributed by atoms with van der Waals surface area (Å²) in [7, 11) is 0. The lowest BCUT2D eigenvalue weighted by Gasteiger charge is -2.06. The van der Waals surface area contributed by atoms with Gasteiger partial charge in [-0.25, -0.2) is 10.9 Å². The number of hydrogen-bond acceptors (Lipinski definition) is 6. The zero-order valence-electron chi connectivity index (χ0n) is 17.5. The van der Waals surface area contributed by atoms with Gasteiger partial charge in [-0.15, -0.1) is 0 Å². The monoisotopic (exact) mass is 430 g/mol. The summed E-state index contributed by atoms with van der Waals surface area (Å²) >= 11 is 0. The number of benzene rings is 3. The molecule has 0 fully saturated rings. The normalized spacial score (nSPS) is 11.7. The second-order valence-corrected chi connectivity index (χ2v) is 6.89. The van der Waals surface area contributed by atoms with Crippen LogP contribution in [0.4, 0.5) is 0 Å². The Balaban J connectivity index is 1.63. The summed E-state index contributed by atoms with van der Waals surface area (Å²) in [6, 6.07) is 19.3. The molecular weight excluding hydrogens is 408 g/mol. The Labute approximate surface area is 184 Å². The lowest BCUT2D eigenvalue weighted by Crippen LogP contribution is -2.21. The zero-order chi connectivity index (χ0) is 23.1. The number of amides is 2. The third kappa shape index (κ3) is 5.37. The average molecular weight is 430 g/mol. The van der Waals surface area contributed by atoms with Gasteiger partial charge in [0.15, 0.2) is 0 Å². The Morgan fingerprint density at radius 1 is 0.625 bits per heavy atom. The summed E-state index contributed by atoms with van der Waals surface area (Å²) in [5.74, 6) is -0.780. The summed E-state index contributed by atoms with van der Waals surface area (Å²) in [5.41, 5.74) is 7.40. The maximum absolute atomic E-state index is 12.3. The van der Waals surface area contributed by atoms with Gasteiger partial charge in [0.25, 0.3) is 11.8 Å². The number of rotatable bonds is 6. The van der Waals surface area contributed by atoms with Crippen molar-refractivity contribution in [1.29, 1.82) is 0 Å². The van der Waals surface area contributed by atoms with Gasteiger partial charge in [0.1, 0.15) is 11.5 Å². The first-order valence-corrected chi connectivity index (χ1v) is 9.73. The van der Waals surface area contributed by atoms with Crippen molar-refractivity contribution in [3.63, 3.8) is 0 Å². The van der Waals surface area contributed by atoms with Gasteiger partial charge in [-0.2, -0.15) is 10.2 Å². The minimum absolute atomic E-state index is 0.0683. The zero-order valence-corrected chi connectivity index (χ0v) is 17.5. The largest absolute Gasteiger partial charge is 0.507 e. The van der Waals surface area contributed by atoms with Gasteiger partial charge in [0, 0.05) is 22.3 Å². The fourth-order valence-corrected chi connectivity index (χ4v) is 2.85. The average Bonchev–Trinajstić information content (AvgIpc) is 2.81. The Kier molecular flexibility index (Phi) is 6.97. The van der Waals surface area contributed by atoms with Crippen molar-refractivity contribution < 1.29 is 19.8 Å². The van der Waals surface area contributed by atoms with Crippen LogP contribution in [0, 0.1) is 0 Å². The summed E-state index contributed by atoms with van der Waals surface area (Å²) < 4.78 is 0. The van der Waals surface area contributed by atoms with E-state index in [2.05, 4.69) is 21.1 Å². The van der Waals surface area contributed by atoms with Crippen LogP contribution in [-0.4, -0.2) is 33.5 Å². The quantitative estimate of drug-likeness (QED) is 0.353. The highest BCUT2D eigenvalue weighted by Gasteiger charge is 2.10. The van der Waals surface area contributed by atoms with Gasteiger partial charge in [-0.3, -0.25) is 9.59 Å². The highest BCUT2D eigenvalue weighted by molar-refractivity contribution is 6.04. The molecule has 0 aromatic heterocycles. The molecule has 32 heavy (non-hydrogen) atoms. The lowest BCUT2D eigenvalue weighted by atomic mass is 10.1. The van der Waals surface area contributed by atoms with E-state index in [0.717, 1.165) is 0 Å². The van der Waals surface area contributed by atoms with Crippen LogP contribution in [0.25, 0.3) is 0 Å². The van der Waals surface area contributed by atoms with E-state index in [1.807, 2.05) is 0 Å². The standard InChI is InChI=1S/C24H22N4O4/c1-15(19-7-3-5-9-21(19)29)25-27-23(31)17-11-13-18(14-12-17)24(32)28-26-16(2)20-8-4-6-10-22(20)30/h3-14,29-30H,1-2H3,(H,27,31)(H,28,32)/b25-15+,26-16+. The lowest BCUT2D eigenvalue weighted by molar-refractivity contribution is 0.0943. The van der Waals surface area contributed by atoms with E-state index in [1.54, 1.807) is 50.2 Å². The molecule has 3 rings (SSSR count). The number of hydrazone groups is 2. The van der Waals surface area contributed by atoms with Gasteiger partial charge in [-0.05, 0) is 62.4 Å². The molecule has 0 atom stereocenters. The Hall–Kier alpha value is -4.46. The second kappa shape index (κ2) is 10.0. The van der Waals surface area contributed by atoms with Gasteiger partial charge >= 0.3 is 0 Å². The number of hydrogen-bond donors (Lipinski definition) is 4. The first-order chi connectivity index (χ1) is 15.4. The van der Waals surface area contributed by atoms with E-state index >= 15 is 0 Å². The maximum atomic E-state index is 12.3. The summed E-state index contributed by atoms with van der Waals surface area (Å²) in [6.45, 7) is 3.33. The highest BCUT2D eigenvalue weighted by Crippen LogP contribution is 2.17. The molecule has 4 N–H and O–H groups in total. The molecule has 3 aromatic rings. The number of para-hydroxylation sites is 2. The van der Waals surface area contributed by atoms with E-state index in [-0.39, 0.29) is 11.5 Å². The van der Waals surface area contributed by atoms with Crippen molar-refractivity contribution in [3.8, 4) is 11.5 Å². The van der Waals surface area contributed by atoms with Gasteiger partial charge < -0.3 is 10.2 Å². The predicted octanol–water partition coefficient (Wildman–Crippen LogP) is 3.41. The molecule has 0 heterocycles. The van der Waals surface area contributed by atoms with Crippen molar-refractivity contribution in [2.24, 2.45) is 10.2 Å². The van der Waals surface area contributed by atoms with E-state index in [9.17, 15) is 19.8 Å². The van der Waals surface area contributed by atoms with Crippen LogP contribution < -0.4 is 10.9 Å². The molecule has 0 aliphatic carbocycles. The Bertz CT molecular complexity index is 1110. The predicted molar refractivity (Wildman–Crippen MR) is 122 cm³/mol. The molecule has 0 unspecified atom stereocenters. The third-order valence-electron chi connectivity index (χ3n) is 4.65. The van der Waals surface area contributed by atoms with Crippen molar-refractivity contribution in [3.05, 3.63) is 95.1 Å². The molecular formula is C24H22N4O4. The number of nitrogens with zero attached hydrogens (tertiary/aromatic N) is 2. The smallest absolute Gasteiger partial charge is 0.271 e. The van der Waals surface area contributed by atoms with Crippen molar-refractivity contribution in [2.75, 3.05) is 0 Å². The molecule has 0 saturated heterocycles. The van der Waals surface area contributed by atoms with Crippen LogP contribution in [0.3, 0.4) is 0 Å². The van der Waals surface area contributed by atoms with E-state index in [1.165, 1.54) is 36.4 Å². The first-order valence-electron chi connectivity index (χ1n) is 9.73. The van der Waals surface area contributed by atoms with Crippen molar-refractivity contribution in [2.45, 2.75) is 13.8 Å². The van der Waals surface area contributed by atoms with Crippen LogP contribution in [0.15, 0.2) is 83.0 Å². The molecule has 2 amide bonds. The van der Waals surface area contributed by atoms with Crippen LogP contribution >= 0.6 is 0 Å². The number of phenolic OH excluding ortho intramolecular Hbond substituents is 2. The Morgan fingerprint density at radius 2 is 0.969 bits per heavy atom. The molecule has 8 heteroatoms. The molecule has 0 spiro atoms. The molecule has 0 saturated carbocycles. The molecule has 0 aliphatic rings. The molecule has 0 bridgehead atoms. The number of aromatic hydroxyl groups is 2.